The minimum Gasteiger partial charge on any atom is -0.369 e. The second-order valence-corrected chi connectivity index (χ2v) is 5.27. The fourth-order valence-electron chi connectivity index (χ4n) is 2.79. The van der Waals surface area contributed by atoms with Crippen LogP contribution in [-0.2, 0) is 4.74 Å². The lowest BCUT2D eigenvalue weighted by Crippen LogP contribution is -2.44. The van der Waals surface area contributed by atoms with Crippen molar-refractivity contribution in [2.75, 3.05) is 19.7 Å². The molecule has 3 atom stereocenters. The van der Waals surface area contributed by atoms with Crippen molar-refractivity contribution in [2.24, 2.45) is 0 Å². The third-order valence-corrected chi connectivity index (χ3v) is 3.64. The van der Waals surface area contributed by atoms with E-state index < -0.39 is 12.8 Å². The second kappa shape index (κ2) is 6.21. The molecular weight excluding hydrogens is 245 g/mol. The first kappa shape index (κ1) is 14.1. The SMILES string of the molecule is FC(F)(F)COC1CCCC(NC2CCNC2)C1. The van der Waals surface area contributed by atoms with E-state index in [1.807, 2.05) is 0 Å². The van der Waals surface area contributed by atoms with E-state index in [4.69, 9.17) is 4.74 Å². The molecule has 1 aliphatic heterocycles. The van der Waals surface area contributed by atoms with Crippen LogP contribution in [-0.4, -0.2) is 44.1 Å². The molecule has 0 radical (unpaired) electrons. The summed E-state index contributed by atoms with van der Waals surface area (Å²) in [6.45, 7) is 0.873. The summed E-state index contributed by atoms with van der Waals surface area (Å²) in [5.41, 5.74) is 0. The molecule has 0 spiro atoms. The largest absolute Gasteiger partial charge is 0.411 e. The molecular formula is C12H21F3N2O. The van der Waals surface area contributed by atoms with Gasteiger partial charge in [0.05, 0.1) is 6.10 Å². The fraction of sp³-hybridized carbons (Fsp3) is 1.00. The molecule has 1 aliphatic carbocycles. The predicted molar refractivity (Wildman–Crippen MR) is 62.5 cm³/mol. The summed E-state index contributed by atoms with van der Waals surface area (Å²) in [6, 6.07) is 0.776. The van der Waals surface area contributed by atoms with E-state index in [0.717, 1.165) is 38.8 Å². The highest BCUT2D eigenvalue weighted by molar-refractivity contribution is 4.85. The zero-order valence-corrected chi connectivity index (χ0v) is 10.4. The molecule has 1 saturated carbocycles. The van der Waals surface area contributed by atoms with Gasteiger partial charge < -0.3 is 15.4 Å². The first-order chi connectivity index (χ1) is 8.53. The zero-order valence-electron chi connectivity index (χ0n) is 10.4. The monoisotopic (exact) mass is 266 g/mol. The van der Waals surface area contributed by atoms with Crippen LogP contribution in [0.3, 0.4) is 0 Å². The van der Waals surface area contributed by atoms with Gasteiger partial charge in [-0.15, -0.1) is 0 Å². The predicted octanol–water partition coefficient (Wildman–Crippen LogP) is 1.83. The Hall–Kier alpha value is -0.330. The lowest BCUT2D eigenvalue weighted by Gasteiger charge is -2.31. The fourth-order valence-corrected chi connectivity index (χ4v) is 2.79. The minimum atomic E-state index is -4.21. The summed E-state index contributed by atoms with van der Waals surface area (Å²) in [6.07, 6.45) is 0.0829. The molecule has 2 aliphatic rings. The summed E-state index contributed by atoms with van der Waals surface area (Å²) in [7, 11) is 0. The van der Waals surface area contributed by atoms with Gasteiger partial charge in [-0.3, -0.25) is 0 Å². The molecule has 0 aromatic rings. The topological polar surface area (TPSA) is 33.3 Å². The standard InChI is InChI=1S/C12H21F3N2O/c13-12(14,15)8-18-11-3-1-2-9(6-11)17-10-4-5-16-7-10/h9-11,16-17H,1-8H2. The summed E-state index contributed by atoms with van der Waals surface area (Å²) in [5, 5.41) is 6.80. The Bertz CT molecular complexity index is 254. The number of halogens is 3. The average Bonchev–Trinajstić information content (AvgIpc) is 2.79. The van der Waals surface area contributed by atoms with Gasteiger partial charge in [0.2, 0.25) is 0 Å². The number of hydrogen-bond acceptors (Lipinski definition) is 3. The smallest absolute Gasteiger partial charge is 0.369 e. The Morgan fingerprint density at radius 1 is 1.17 bits per heavy atom. The van der Waals surface area contributed by atoms with Gasteiger partial charge in [0.15, 0.2) is 0 Å². The summed E-state index contributed by atoms with van der Waals surface area (Å²) in [5.74, 6) is 0. The van der Waals surface area contributed by atoms with Gasteiger partial charge in [-0.1, -0.05) is 0 Å². The van der Waals surface area contributed by atoms with Crippen LogP contribution in [0.4, 0.5) is 13.2 Å². The van der Waals surface area contributed by atoms with Crippen molar-refractivity contribution >= 4 is 0 Å². The van der Waals surface area contributed by atoms with E-state index in [0.29, 0.717) is 18.5 Å². The number of alkyl halides is 3. The average molecular weight is 266 g/mol. The molecule has 0 amide bonds. The molecule has 0 bridgehead atoms. The first-order valence-corrected chi connectivity index (χ1v) is 6.68. The van der Waals surface area contributed by atoms with Crippen molar-refractivity contribution in [1.29, 1.82) is 0 Å². The van der Waals surface area contributed by atoms with Crippen LogP contribution in [0.2, 0.25) is 0 Å². The summed E-state index contributed by atoms with van der Waals surface area (Å²) in [4.78, 5) is 0. The maximum Gasteiger partial charge on any atom is 0.411 e. The third kappa shape index (κ3) is 4.74. The Kier molecular flexibility index (Phi) is 4.86. The van der Waals surface area contributed by atoms with Gasteiger partial charge in [0, 0.05) is 18.6 Å². The van der Waals surface area contributed by atoms with Gasteiger partial charge in [0.25, 0.3) is 0 Å². The van der Waals surface area contributed by atoms with Crippen LogP contribution in [0.5, 0.6) is 0 Å². The molecule has 18 heavy (non-hydrogen) atoms. The van der Waals surface area contributed by atoms with Crippen LogP contribution in [0.1, 0.15) is 32.1 Å². The van der Waals surface area contributed by atoms with Crippen LogP contribution < -0.4 is 10.6 Å². The third-order valence-electron chi connectivity index (χ3n) is 3.64. The zero-order chi connectivity index (χ0) is 13.0. The van der Waals surface area contributed by atoms with E-state index in [2.05, 4.69) is 10.6 Å². The summed E-state index contributed by atoms with van der Waals surface area (Å²) >= 11 is 0. The molecule has 1 saturated heterocycles. The lowest BCUT2D eigenvalue weighted by molar-refractivity contribution is -0.188. The minimum absolute atomic E-state index is 0.243. The Labute approximate surface area is 105 Å². The Morgan fingerprint density at radius 2 is 2.00 bits per heavy atom. The molecule has 2 N–H and O–H groups in total. The van der Waals surface area contributed by atoms with Gasteiger partial charge >= 0.3 is 6.18 Å². The van der Waals surface area contributed by atoms with Crippen molar-refractivity contribution < 1.29 is 17.9 Å². The highest BCUT2D eigenvalue weighted by Gasteiger charge is 2.31. The first-order valence-electron chi connectivity index (χ1n) is 6.68. The molecule has 0 aromatic heterocycles. The van der Waals surface area contributed by atoms with E-state index in [1.165, 1.54) is 0 Å². The van der Waals surface area contributed by atoms with Crippen LogP contribution in [0, 0.1) is 0 Å². The van der Waals surface area contributed by atoms with E-state index >= 15 is 0 Å². The van der Waals surface area contributed by atoms with Gasteiger partial charge in [0.1, 0.15) is 6.61 Å². The van der Waals surface area contributed by atoms with Crippen molar-refractivity contribution in [3.63, 3.8) is 0 Å². The van der Waals surface area contributed by atoms with E-state index in [-0.39, 0.29) is 6.10 Å². The van der Waals surface area contributed by atoms with Gasteiger partial charge in [-0.25, -0.2) is 0 Å². The number of nitrogens with one attached hydrogen (secondary N) is 2. The maximum atomic E-state index is 12.1. The lowest BCUT2D eigenvalue weighted by atomic mass is 9.92. The molecule has 2 rings (SSSR count). The summed E-state index contributed by atoms with van der Waals surface area (Å²) < 4.78 is 41.2. The molecule has 6 heteroatoms. The van der Waals surface area contributed by atoms with Crippen molar-refractivity contribution in [1.82, 2.24) is 10.6 Å². The van der Waals surface area contributed by atoms with Crippen LogP contribution in [0.25, 0.3) is 0 Å². The van der Waals surface area contributed by atoms with Crippen LogP contribution >= 0.6 is 0 Å². The highest BCUT2D eigenvalue weighted by atomic mass is 19.4. The molecule has 106 valence electrons. The van der Waals surface area contributed by atoms with Crippen LogP contribution in [0.15, 0.2) is 0 Å². The Morgan fingerprint density at radius 3 is 2.67 bits per heavy atom. The van der Waals surface area contributed by atoms with Gasteiger partial charge in [-0.05, 0) is 38.6 Å². The highest BCUT2D eigenvalue weighted by Crippen LogP contribution is 2.24. The Balaban J connectivity index is 1.70. The quantitative estimate of drug-likeness (QED) is 0.814. The molecule has 3 unspecified atom stereocenters. The number of ether oxygens (including phenoxy) is 1. The molecule has 2 fully saturated rings. The van der Waals surface area contributed by atoms with Crippen molar-refractivity contribution in [3.05, 3.63) is 0 Å². The van der Waals surface area contributed by atoms with E-state index in [1.54, 1.807) is 0 Å². The van der Waals surface area contributed by atoms with Crippen molar-refractivity contribution in [3.8, 4) is 0 Å². The van der Waals surface area contributed by atoms with Crippen molar-refractivity contribution in [2.45, 2.75) is 56.5 Å². The van der Waals surface area contributed by atoms with E-state index in [9.17, 15) is 13.2 Å². The molecule has 1 heterocycles. The maximum absolute atomic E-state index is 12.1. The molecule has 3 nitrogen and oxygen atoms in total. The normalized spacial score (nSPS) is 33.8. The number of rotatable bonds is 4. The molecule has 0 aromatic carbocycles. The number of hydrogen-bond donors (Lipinski definition) is 2. The second-order valence-electron chi connectivity index (χ2n) is 5.27. The van der Waals surface area contributed by atoms with Gasteiger partial charge in [-0.2, -0.15) is 13.2 Å².